The Bertz CT molecular complexity index is 615. The zero-order valence-electron chi connectivity index (χ0n) is 12.6. The molecule has 3 rings (SSSR count). The van der Waals surface area contributed by atoms with Gasteiger partial charge in [0.15, 0.2) is 5.82 Å². The van der Waals surface area contributed by atoms with Crippen molar-refractivity contribution in [1.82, 2.24) is 10.3 Å². The van der Waals surface area contributed by atoms with Crippen molar-refractivity contribution in [2.24, 2.45) is 4.99 Å². The zero-order valence-corrected chi connectivity index (χ0v) is 13.4. The average molecular weight is 343 g/mol. The van der Waals surface area contributed by atoms with Gasteiger partial charge >= 0.3 is 0 Å². The van der Waals surface area contributed by atoms with Gasteiger partial charge in [0.2, 0.25) is 5.96 Å². The second-order valence-electron chi connectivity index (χ2n) is 6.00. The van der Waals surface area contributed by atoms with Crippen LogP contribution >= 0.6 is 11.6 Å². The fraction of sp³-hybridized carbons (Fsp3) is 0.600. The number of guanidine groups is 1. The van der Waals surface area contributed by atoms with Gasteiger partial charge in [-0.2, -0.15) is 0 Å². The summed E-state index contributed by atoms with van der Waals surface area (Å²) in [4.78, 5) is 6.88. The second kappa shape index (κ2) is 6.98. The van der Waals surface area contributed by atoms with Crippen LogP contribution in [-0.4, -0.2) is 47.6 Å². The molecule has 2 fully saturated rings. The molecule has 0 aromatic carbocycles. The maximum absolute atomic E-state index is 14.1. The van der Waals surface area contributed by atoms with E-state index in [0.29, 0.717) is 13.0 Å². The summed E-state index contributed by atoms with van der Waals surface area (Å²) in [6.45, 7) is 0.762. The molecule has 1 saturated heterocycles. The SMILES string of the molecule is N=C(/N=C\c1[nH]c(C2CCC2)c(Cl)c1F)N[C@@H]1CCOC[C@H]1O. The molecule has 1 aromatic rings. The van der Waals surface area contributed by atoms with Crippen LogP contribution in [-0.2, 0) is 4.74 Å². The Balaban J connectivity index is 1.64. The maximum atomic E-state index is 14.1. The largest absolute Gasteiger partial charge is 0.389 e. The first-order chi connectivity index (χ1) is 11.1. The number of H-pyrrole nitrogens is 1. The summed E-state index contributed by atoms with van der Waals surface area (Å²) in [7, 11) is 0. The summed E-state index contributed by atoms with van der Waals surface area (Å²) >= 11 is 6.03. The van der Waals surface area contributed by atoms with Crippen molar-refractivity contribution >= 4 is 23.8 Å². The van der Waals surface area contributed by atoms with E-state index in [2.05, 4.69) is 15.3 Å². The Labute approximate surface area is 138 Å². The van der Waals surface area contributed by atoms with Crippen molar-refractivity contribution in [1.29, 1.82) is 5.41 Å². The number of aromatic nitrogens is 1. The summed E-state index contributed by atoms with van der Waals surface area (Å²) in [5.41, 5.74) is 0.896. The molecule has 0 unspecified atom stereocenters. The molecule has 0 radical (unpaired) electrons. The van der Waals surface area contributed by atoms with E-state index in [1.165, 1.54) is 6.21 Å². The minimum atomic E-state index is -0.679. The topological polar surface area (TPSA) is 93.5 Å². The second-order valence-corrected chi connectivity index (χ2v) is 6.37. The van der Waals surface area contributed by atoms with E-state index >= 15 is 0 Å². The van der Waals surface area contributed by atoms with Crippen LogP contribution in [0.5, 0.6) is 0 Å². The Kier molecular flexibility index (Phi) is 4.99. The lowest BCUT2D eigenvalue weighted by Gasteiger charge is -2.28. The number of aromatic amines is 1. The molecule has 8 heteroatoms. The molecule has 4 N–H and O–H groups in total. The highest BCUT2D eigenvalue weighted by atomic mass is 35.5. The molecule has 2 atom stereocenters. The van der Waals surface area contributed by atoms with Crippen molar-refractivity contribution < 1.29 is 14.2 Å². The van der Waals surface area contributed by atoms with Crippen molar-refractivity contribution in [3.63, 3.8) is 0 Å². The Hall–Kier alpha value is -1.44. The highest BCUT2D eigenvalue weighted by Gasteiger charge is 2.27. The van der Waals surface area contributed by atoms with E-state index in [1.807, 2.05) is 0 Å². The van der Waals surface area contributed by atoms with Gasteiger partial charge in [-0.25, -0.2) is 9.38 Å². The number of halogens is 2. The van der Waals surface area contributed by atoms with Crippen molar-refractivity contribution in [3.05, 3.63) is 22.2 Å². The first kappa shape index (κ1) is 16.4. The van der Waals surface area contributed by atoms with Gasteiger partial charge in [0.25, 0.3) is 0 Å². The molecule has 1 saturated carbocycles. The van der Waals surface area contributed by atoms with Crippen LogP contribution in [0.2, 0.25) is 5.02 Å². The number of rotatable bonds is 3. The summed E-state index contributed by atoms with van der Waals surface area (Å²) in [5, 5.41) is 20.5. The Morgan fingerprint density at radius 1 is 1.48 bits per heavy atom. The van der Waals surface area contributed by atoms with Crippen LogP contribution in [0.1, 0.15) is 43.0 Å². The highest BCUT2D eigenvalue weighted by molar-refractivity contribution is 6.31. The number of hydrogen-bond donors (Lipinski definition) is 4. The molecule has 1 aliphatic carbocycles. The molecule has 0 bridgehead atoms. The Morgan fingerprint density at radius 3 is 2.91 bits per heavy atom. The summed E-state index contributed by atoms with van der Waals surface area (Å²) in [6, 6.07) is -0.281. The molecule has 126 valence electrons. The van der Waals surface area contributed by atoms with Crippen LogP contribution in [0.4, 0.5) is 4.39 Å². The van der Waals surface area contributed by atoms with Gasteiger partial charge in [0.05, 0.1) is 35.7 Å². The molecule has 0 amide bonds. The van der Waals surface area contributed by atoms with E-state index in [9.17, 15) is 9.50 Å². The van der Waals surface area contributed by atoms with Gasteiger partial charge in [-0.1, -0.05) is 18.0 Å². The lowest BCUT2D eigenvalue weighted by molar-refractivity contribution is -0.0232. The van der Waals surface area contributed by atoms with Crippen LogP contribution in [0, 0.1) is 11.2 Å². The van der Waals surface area contributed by atoms with Gasteiger partial charge < -0.3 is 20.1 Å². The average Bonchev–Trinajstić information content (AvgIpc) is 2.74. The van der Waals surface area contributed by atoms with E-state index in [4.69, 9.17) is 21.7 Å². The van der Waals surface area contributed by atoms with Crippen LogP contribution in [0.3, 0.4) is 0 Å². The molecule has 23 heavy (non-hydrogen) atoms. The van der Waals surface area contributed by atoms with E-state index in [1.54, 1.807) is 0 Å². The zero-order chi connectivity index (χ0) is 16.4. The molecule has 0 spiro atoms. The van der Waals surface area contributed by atoms with Gasteiger partial charge in [-0.3, -0.25) is 5.41 Å². The number of aliphatic imine (C=N–C) groups is 1. The van der Waals surface area contributed by atoms with Gasteiger partial charge in [-0.15, -0.1) is 0 Å². The van der Waals surface area contributed by atoms with Crippen molar-refractivity contribution in [2.75, 3.05) is 13.2 Å². The minimum Gasteiger partial charge on any atom is -0.389 e. The smallest absolute Gasteiger partial charge is 0.215 e. The van der Waals surface area contributed by atoms with Gasteiger partial charge in [0, 0.05) is 18.2 Å². The Morgan fingerprint density at radius 2 is 2.26 bits per heavy atom. The quantitative estimate of drug-likeness (QED) is 0.501. The van der Waals surface area contributed by atoms with E-state index < -0.39 is 11.9 Å². The lowest BCUT2D eigenvalue weighted by atomic mass is 9.83. The number of nitrogens with one attached hydrogen (secondary N) is 3. The summed E-state index contributed by atoms with van der Waals surface area (Å²) in [6.07, 6.45) is 4.32. The van der Waals surface area contributed by atoms with E-state index in [0.717, 1.165) is 25.0 Å². The third-order valence-corrected chi connectivity index (χ3v) is 4.79. The lowest BCUT2D eigenvalue weighted by Crippen LogP contribution is -2.48. The number of ether oxygens (including phenoxy) is 1. The number of aliphatic hydroxyl groups is 1. The first-order valence-electron chi connectivity index (χ1n) is 7.78. The predicted octanol–water partition coefficient (Wildman–Crippen LogP) is 2.17. The van der Waals surface area contributed by atoms with Crippen LogP contribution in [0.15, 0.2) is 4.99 Å². The van der Waals surface area contributed by atoms with E-state index in [-0.39, 0.29) is 35.2 Å². The van der Waals surface area contributed by atoms with Gasteiger partial charge in [0.1, 0.15) is 0 Å². The fourth-order valence-corrected chi connectivity index (χ4v) is 3.10. The molecular formula is C15H20ClFN4O2. The standard InChI is InChI=1S/C15H20ClFN4O2/c16-12-13(17)10(20-14(12)8-2-1-3-8)6-19-15(18)21-9-4-5-23-7-11(9)22/h6,8-9,11,20,22H,1-5,7H2,(H2,18,21)/b19-6-/t9-,11-/m1/s1. The maximum Gasteiger partial charge on any atom is 0.215 e. The normalized spacial score (nSPS) is 25.5. The summed E-state index contributed by atoms with van der Waals surface area (Å²) < 4.78 is 19.2. The molecular weight excluding hydrogens is 323 g/mol. The third kappa shape index (κ3) is 3.57. The van der Waals surface area contributed by atoms with Crippen molar-refractivity contribution in [3.8, 4) is 0 Å². The number of hydrogen-bond acceptors (Lipinski definition) is 3. The van der Waals surface area contributed by atoms with Gasteiger partial charge in [-0.05, 0) is 19.3 Å². The molecule has 2 aliphatic rings. The fourth-order valence-electron chi connectivity index (χ4n) is 2.79. The third-order valence-electron chi connectivity index (χ3n) is 4.42. The molecule has 1 aliphatic heterocycles. The van der Waals surface area contributed by atoms with Crippen LogP contribution < -0.4 is 5.32 Å². The predicted molar refractivity (Wildman–Crippen MR) is 86.0 cm³/mol. The first-order valence-corrected chi connectivity index (χ1v) is 8.16. The molecule has 2 heterocycles. The molecule has 1 aromatic heterocycles. The highest BCUT2D eigenvalue weighted by Crippen LogP contribution is 2.40. The number of nitrogens with zero attached hydrogens (tertiary/aromatic N) is 1. The number of aliphatic hydroxyl groups excluding tert-OH is 1. The van der Waals surface area contributed by atoms with Crippen LogP contribution in [0.25, 0.3) is 0 Å². The minimum absolute atomic E-state index is 0.121. The summed E-state index contributed by atoms with van der Waals surface area (Å²) in [5.74, 6) is -0.378. The molecule has 6 nitrogen and oxygen atoms in total. The van der Waals surface area contributed by atoms with Crippen molar-refractivity contribution in [2.45, 2.75) is 43.7 Å². The monoisotopic (exact) mass is 342 g/mol.